The molecule has 1 atom stereocenters. The Morgan fingerprint density at radius 3 is 2.53 bits per heavy atom. The number of amides is 3. The van der Waals surface area contributed by atoms with Crippen LogP contribution in [0.25, 0.3) is 0 Å². The van der Waals surface area contributed by atoms with Gasteiger partial charge in [0.05, 0.1) is 0 Å². The predicted octanol–water partition coefficient (Wildman–Crippen LogP) is 5.40. The van der Waals surface area contributed by atoms with Crippen molar-refractivity contribution in [2.24, 2.45) is 0 Å². The van der Waals surface area contributed by atoms with Gasteiger partial charge < -0.3 is 10.2 Å². The molecule has 0 aromatic heterocycles. The minimum absolute atomic E-state index is 0.197. The van der Waals surface area contributed by atoms with Crippen molar-refractivity contribution in [1.82, 2.24) is 10.2 Å². The van der Waals surface area contributed by atoms with E-state index < -0.39 is 11.9 Å². The third-order valence-electron chi connectivity index (χ3n) is 7.45. The maximum atomic E-state index is 15.0. The van der Waals surface area contributed by atoms with Crippen molar-refractivity contribution in [3.63, 3.8) is 0 Å². The van der Waals surface area contributed by atoms with Gasteiger partial charge in [0, 0.05) is 40.9 Å². The minimum Gasteiger partial charge on any atom is -0.382 e. The van der Waals surface area contributed by atoms with E-state index in [2.05, 4.69) is 10.6 Å². The SMILES string of the molecule is O=C1CCC(N2Cc3c(SCc4ccc(NC5CCCCCCC5)cc4F)cccc3C2=O)C(=O)N1. The van der Waals surface area contributed by atoms with E-state index in [1.807, 2.05) is 24.3 Å². The van der Waals surface area contributed by atoms with Crippen LogP contribution in [0.1, 0.15) is 79.3 Å². The van der Waals surface area contributed by atoms with Gasteiger partial charge in [-0.2, -0.15) is 0 Å². The zero-order valence-electron chi connectivity index (χ0n) is 20.4. The van der Waals surface area contributed by atoms with Crippen molar-refractivity contribution in [2.75, 3.05) is 5.32 Å². The number of anilines is 1. The number of rotatable bonds is 6. The molecule has 2 fully saturated rings. The molecule has 1 aliphatic carbocycles. The van der Waals surface area contributed by atoms with Gasteiger partial charge in [-0.05, 0) is 54.7 Å². The number of fused-ring (bicyclic) bond motifs is 1. The van der Waals surface area contributed by atoms with Gasteiger partial charge >= 0.3 is 0 Å². The molecule has 3 aliphatic rings. The molecule has 2 heterocycles. The number of nitrogens with one attached hydrogen (secondary N) is 2. The average molecular weight is 510 g/mol. The lowest BCUT2D eigenvalue weighted by atomic mass is 9.96. The Morgan fingerprint density at radius 1 is 1.00 bits per heavy atom. The van der Waals surface area contributed by atoms with Gasteiger partial charge in [0.2, 0.25) is 11.8 Å². The summed E-state index contributed by atoms with van der Waals surface area (Å²) < 4.78 is 15.0. The first-order valence-corrected chi connectivity index (χ1v) is 13.9. The topological polar surface area (TPSA) is 78.5 Å². The molecule has 8 heteroatoms. The fraction of sp³-hybridized carbons (Fsp3) is 0.464. The number of carbonyl (C=O) groups is 3. The molecule has 6 nitrogen and oxygen atoms in total. The second kappa shape index (κ2) is 11.0. The van der Waals surface area contributed by atoms with Gasteiger partial charge in [0.25, 0.3) is 5.91 Å². The second-order valence-corrected chi connectivity index (χ2v) is 11.0. The largest absolute Gasteiger partial charge is 0.382 e. The zero-order chi connectivity index (χ0) is 25.1. The molecule has 3 amide bonds. The smallest absolute Gasteiger partial charge is 0.255 e. The fourth-order valence-electron chi connectivity index (χ4n) is 5.44. The number of imide groups is 1. The first-order valence-electron chi connectivity index (χ1n) is 12.9. The van der Waals surface area contributed by atoms with Crippen molar-refractivity contribution in [3.05, 3.63) is 58.9 Å². The Labute approximate surface area is 215 Å². The summed E-state index contributed by atoms with van der Waals surface area (Å²) in [6.07, 6.45) is 9.15. The Hall–Kier alpha value is -2.87. The monoisotopic (exact) mass is 509 g/mol. The minimum atomic E-state index is -0.643. The number of hydrogen-bond donors (Lipinski definition) is 2. The van der Waals surface area contributed by atoms with Crippen LogP contribution in [0.4, 0.5) is 10.1 Å². The van der Waals surface area contributed by atoms with Crippen molar-refractivity contribution in [2.45, 2.75) is 87.1 Å². The predicted molar refractivity (Wildman–Crippen MR) is 138 cm³/mol. The van der Waals surface area contributed by atoms with Crippen LogP contribution in [0.3, 0.4) is 0 Å². The number of thioether (sulfide) groups is 1. The molecule has 1 saturated carbocycles. The van der Waals surface area contributed by atoms with Crippen LogP contribution >= 0.6 is 11.8 Å². The Morgan fingerprint density at radius 2 is 1.78 bits per heavy atom. The highest BCUT2D eigenvalue weighted by Gasteiger charge is 2.39. The van der Waals surface area contributed by atoms with E-state index in [0.29, 0.717) is 35.9 Å². The zero-order valence-corrected chi connectivity index (χ0v) is 21.2. The van der Waals surface area contributed by atoms with Gasteiger partial charge in [-0.25, -0.2) is 4.39 Å². The standard InChI is InChI=1S/C28H32FN3O3S/c29-23-15-20(30-19-7-4-2-1-3-5-8-19)12-11-18(23)17-36-25-10-6-9-21-22(25)16-32(28(21)35)24-13-14-26(33)31-27(24)34/h6,9-12,15,19,24,30H,1-5,7-8,13-14,16-17H2,(H,31,33,34). The van der Waals surface area contributed by atoms with Crippen LogP contribution < -0.4 is 10.6 Å². The summed E-state index contributed by atoms with van der Waals surface area (Å²) in [6, 6.07) is 10.7. The third-order valence-corrected chi connectivity index (χ3v) is 8.60. The molecular weight excluding hydrogens is 477 g/mol. The lowest BCUT2D eigenvalue weighted by molar-refractivity contribution is -0.136. The van der Waals surface area contributed by atoms with Crippen LogP contribution in [0.2, 0.25) is 0 Å². The van der Waals surface area contributed by atoms with E-state index in [1.165, 1.54) is 43.9 Å². The number of hydrogen-bond acceptors (Lipinski definition) is 5. The summed E-state index contributed by atoms with van der Waals surface area (Å²) in [4.78, 5) is 39.3. The van der Waals surface area contributed by atoms with Crippen molar-refractivity contribution >= 4 is 35.2 Å². The number of carbonyl (C=O) groups excluding carboxylic acids is 3. The Balaban J connectivity index is 1.24. The van der Waals surface area contributed by atoms with Crippen molar-refractivity contribution < 1.29 is 18.8 Å². The highest BCUT2D eigenvalue weighted by Crippen LogP contribution is 2.36. The van der Waals surface area contributed by atoms with Gasteiger partial charge in [-0.3, -0.25) is 19.7 Å². The maximum Gasteiger partial charge on any atom is 0.255 e. The molecule has 36 heavy (non-hydrogen) atoms. The number of nitrogens with zero attached hydrogens (tertiary/aromatic N) is 1. The molecule has 2 aromatic carbocycles. The lowest BCUT2D eigenvalue weighted by Crippen LogP contribution is -2.52. The molecular formula is C28H32FN3O3S. The molecule has 2 N–H and O–H groups in total. The molecule has 5 rings (SSSR count). The van der Waals surface area contributed by atoms with Gasteiger partial charge in [-0.1, -0.05) is 44.2 Å². The Bertz CT molecular complexity index is 1160. The number of benzene rings is 2. The van der Waals surface area contributed by atoms with Gasteiger partial charge in [-0.15, -0.1) is 11.8 Å². The molecule has 1 saturated heterocycles. The van der Waals surface area contributed by atoms with Crippen molar-refractivity contribution in [1.29, 1.82) is 0 Å². The molecule has 0 spiro atoms. The fourth-order valence-corrected chi connectivity index (χ4v) is 6.51. The van der Waals surface area contributed by atoms with Crippen LogP contribution in [0.15, 0.2) is 41.3 Å². The number of halogens is 1. The third kappa shape index (κ3) is 5.43. The summed E-state index contributed by atoms with van der Waals surface area (Å²) in [5.41, 5.74) is 2.88. The van der Waals surface area contributed by atoms with E-state index in [-0.39, 0.29) is 24.1 Å². The molecule has 190 valence electrons. The van der Waals surface area contributed by atoms with Crippen LogP contribution in [0, 0.1) is 5.82 Å². The lowest BCUT2D eigenvalue weighted by Gasteiger charge is -2.29. The molecule has 0 bridgehead atoms. The van der Waals surface area contributed by atoms with E-state index in [1.54, 1.807) is 17.0 Å². The van der Waals surface area contributed by atoms with E-state index in [0.717, 1.165) is 29.0 Å². The average Bonchev–Trinajstić information content (AvgIpc) is 3.17. The second-order valence-electron chi connectivity index (χ2n) is 9.96. The van der Waals surface area contributed by atoms with E-state index in [4.69, 9.17) is 0 Å². The van der Waals surface area contributed by atoms with E-state index >= 15 is 0 Å². The number of piperidine rings is 1. The highest BCUT2D eigenvalue weighted by atomic mass is 32.2. The quantitative estimate of drug-likeness (QED) is 0.403. The van der Waals surface area contributed by atoms with Crippen LogP contribution in [0.5, 0.6) is 0 Å². The normalized spacial score (nSPS) is 21.1. The van der Waals surface area contributed by atoms with Crippen LogP contribution in [-0.4, -0.2) is 34.7 Å². The molecule has 1 unspecified atom stereocenters. The molecule has 0 radical (unpaired) electrons. The summed E-state index contributed by atoms with van der Waals surface area (Å²) in [7, 11) is 0. The van der Waals surface area contributed by atoms with Gasteiger partial charge in [0.15, 0.2) is 0 Å². The highest BCUT2D eigenvalue weighted by molar-refractivity contribution is 7.98. The Kier molecular flexibility index (Phi) is 7.60. The first kappa shape index (κ1) is 24.8. The first-order chi connectivity index (χ1) is 17.5. The summed E-state index contributed by atoms with van der Waals surface area (Å²) in [6.45, 7) is 0.316. The summed E-state index contributed by atoms with van der Waals surface area (Å²) in [5, 5.41) is 5.86. The molecule has 2 aromatic rings. The van der Waals surface area contributed by atoms with Crippen molar-refractivity contribution in [3.8, 4) is 0 Å². The summed E-state index contributed by atoms with van der Waals surface area (Å²) >= 11 is 1.50. The summed E-state index contributed by atoms with van der Waals surface area (Å²) in [5.74, 6) is -0.704. The maximum absolute atomic E-state index is 15.0. The van der Waals surface area contributed by atoms with E-state index in [9.17, 15) is 18.8 Å². The molecule has 2 aliphatic heterocycles. The van der Waals surface area contributed by atoms with Crippen LogP contribution in [-0.2, 0) is 21.9 Å². The van der Waals surface area contributed by atoms with Gasteiger partial charge in [0.1, 0.15) is 11.9 Å².